The summed E-state index contributed by atoms with van der Waals surface area (Å²) in [5.74, 6) is 0. The van der Waals surface area contributed by atoms with Gasteiger partial charge in [0.15, 0.2) is 0 Å². The number of benzene rings is 1. The normalized spacial score (nSPS) is 9.00. The van der Waals surface area contributed by atoms with Crippen LogP contribution in [0.2, 0.25) is 0 Å². The molecule has 0 aliphatic rings. The molecular weight excluding hydrogens is 163 g/mol. The summed E-state index contributed by atoms with van der Waals surface area (Å²) in [7, 11) is 0. The molecule has 0 fully saturated rings. The second kappa shape index (κ2) is 4.35. The molecule has 0 saturated heterocycles. The van der Waals surface area contributed by atoms with E-state index in [1.165, 1.54) is 0 Å². The average molecular weight is 169 g/mol. The largest absolute Gasteiger partial charge is 1.00 e. The molecule has 0 aliphatic carbocycles. The summed E-state index contributed by atoms with van der Waals surface area (Å²) in [4.78, 5) is 0. The van der Waals surface area contributed by atoms with Crippen LogP contribution >= 0.6 is 0 Å². The zero-order valence-electron chi connectivity index (χ0n) is 6.75. The number of para-hydroxylation sites is 1. The van der Waals surface area contributed by atoms with Gasteiger partial charge in [0.2, 0.25) is 0 Å². The van der Waals surface area contributed by atoms with E-state index < -0.39 is 0 Å². The maximum Gasteiger partial charge on any atom is 1.00 e. The molecular formula is C7H6N4Na+. The van der Waals surface area contributed by atoms with E-state index in [-0.39, 0.29) is 29.6 Å². The zero-order chi connectivity index (χ0) is 7.52. The fourth-order valence-electron chi connectivity index (χ4n) is 0.860. The summed E-state index contributed by atoms with van der Waals surface area (Å²) in [5.41, 5.74) is 0.970. The first-order chi connectivity index (χ1) is 5.47. The van der Waals surface area contributed by atoms with Gasteiger partial charge >= 0.3 is 29.6 Å². The fraction of sp³-hybridized carbons (Fsp3) is 0. The van der Waals surface area contributed by atoms with Crippen LogP contribution in [0.3, 0.4) is 0 Å². The van der Waals surface area contributed by atoms with Crippen LogP contribution in [0, 0.1) is 0 Å². The number of tetrazole rings is 1. The van der Waals surface area contributed by atoms with Crippen molar-refractivity contribution in [1.29, 1.82) is 0 Å². The van der Waals surface area contributed by atoms with E-state index in [9.17, 15) is 0 Å². The molecule has 0 bridgehead atoms. The van der Waals surface area contributed by atoms with Gasteiger partial charge in [-0.05, 0) is 22.6 Å². The quantitative estimate of drug-likeness (QED) is 0.449. The van der Waals surface area contributed by atoms with Crippen molar-refractivity contribution in [2.45, 2.75) is 0 Å². The number of hydrogen-bond donors (Lipinski definition) is 0. The minimum Gasteiger partial charge on any atom is -0.201 e. The summed E-state index contributed by atoms with van der Waals surface area (Å²) >= 11 is 0. The predicted octanol–water partition coefficient (Wildman–Crippen LogP) is -2.33. The molecule has 0 unspecified atom stereocenters. The Labute approximate surface area is 91.9 Å². The number of hydrogen-bond acceptors (Lipinski definition) is 3. The van der Waals surface area contributed by atoms with Crippen molar-refractivity contribution in [2.24, 2.45) is 0 Å². The molecule has 1 aromatic heterocycles. The summed E-state index contributed by atoms with van der Waals surface area (Å²) in [5, 5.41) is 10.8. The van der Waals surface area contributed by atoms with Crippen molar-refractivity contribution < 1.29 is 29.6 Å². The van der Waals surface area contributed by atoms with E-state index in [1.54, 1.807) is 11.0 Å². The van der Waals surface area contributed by atoms with Crippen molar-refractivity contribution >= 4 is 0 Å². The topological polar surface area (TPSA) is 43.6 Å². The number of nitrogens with zero attached hydrogens (tertiary/aromatic N) is 4. The summed E-state index contributed by atoms with van der Waals surface area (Å²) in [6.07, 6.45) is 1.56. The van der Waals surface area contributed by atoms with Crippen LogP contribution < -0.4 is 29.6 Å². The van der Waals surface area contributed by atoms with Crippen LogP contribution in [0.15, 0.2) is 36.7 Å². The monoisotopic (exact) mass is 169 g/mol. The van der Waals surface area contributed by atoms with Crippen molar-refractivity contribution in [1.82, 2.24) is 20.2 Å². The van der Waals surface area contributed by atoms with Gasteiger partial charge < -0.3 is 0 Å². The molecule has 0 atom stereocenters. The van der Waals surface area contributed by atoms with Crippen LogP contribution in [0.25, 0.3) is 5.69 Å². The second-order valence-corrected chi connectivity index (χ2v) is 2.09. The van der Waals surface area contributed by atoms with E-state index in [0.717, 1.165) is 5.69 Å². The first kappa shape index (κ1) is 9.38. The van der Waals surface area contributed by atoms with Crippen LogP contribution in [0.5, 0.6) is 0 Å². The van der Waals surface area contributed by atoms with E-state index in [4.69, 9.17) is 0 Å². The van der Waals surface area contributed by atoms with Crippen molar-refractivity contribution in [3.8, 4) is 5.69 Å². The third-order valence-electron chi connectivity index (χ3n) is 1.37. The minimum absolute atomic E-state index is 0. The second-order valence-electron chi connectivity index (χ2n) is 2.09. The first-order valence-electron chi connectivity index (χ1n) is 3.25. The Morgan fingerprint density at radius 3 is 2.42 bits per heavy atom. The van der Waals surface area contributed by atoms with Gasteiger partial charge in [-0.3, -0.25) is 0 Å². The molecule has 1 aromatic carbocycles. The summed E-state index contributed by atoms with van der Waals surface area (Å²) in [6, 6.07) is 9.72. The Bertz CT molecular complexity index is 318. The molecule has 0 aliphatic heterocycles. The Balaban J connectivity index is 0.000000720. The van der Waals surface area contributed by atoms with Gasteiger partial charge in [-0.15, -0.1) is 5.10 Å². The number of aromatic nitrogens is 4. The SMILES string of the molecule is [Na+].c1ccc(-n2cnnn2)cc1. The Morgan fingerprint density at radius 1 is 1.08 bits per heavy atom. The molecule has 4 nitrogen and oxygen atoms in total. The predicted molar refractivity (Wildman–Crippen MR) is 39.2 cm³/mol. The summed E-state index contributed by atoms with van der Waals surface area (Å²) < 4.78 is 1.61. The van der Waals surface area contributed by atoms with Crippen LogP contribution in [0.4, 0.5) is 0 Å². The van der Waals surface area contributed by atoms with Gasteiger partial charge in [-0.1, -0.05) is 18.2 Å². The van der Waals surface area contributed by atoms with Crippen LogP contribution in [0.1, 0.15) is 0 Å². The van der Waals surface area contributed by atoms with Gasteiger partial charge in [0.1, 0.15) is 6.33 Å². The summed E-state index contributed by atoms with van der Waals surface area (Å²) in [6.45, 7) is 0. The molecule has 0 amide bonds. The smallest absolute Gasteiger partial charge is 0.201 e. The average Bonchev–Trinajstić information content (AvgIpc) is 2.58. The van der Waals surface area contributed by atoms with Gasteiger partial charge in [-0.2, -0.15) is 0 Å². The van der Waals surface area contributed by atoms with E-state index >= 15 is 0 Å². The van der Waals surface area contributed by atoms with Gasteiger partial charge in [0.25, 0.3) is 0 Å². The number of rotatable bonds is 1. The van der Waals surface area contributed by atoms with Crippen LogP contribution in [-0.2, 0) is 0 Å². The third-order valence-corrected chi connectivity index (χ3v) is 1.37. The molecule has 2 aromatic rings. The molecule has 0 saturated carbocycles. The Hall–Kier alpha value is -0.710. The third kappa shape index (κ3) is 1.91. The molecule has 0 radical (unpaired) electrons. The van der Waals surface area contributed by atoms with E-state index in [0.29, 0.717) is 0 Å². The Morgan fingerprint density at radius 2 is 1.83 bits per heavy atom. The van der Waals surface area contributed by atoms with Crippen molar-refractivity contribution in [3.63, 3.8) is 0 Å². The van der Waals surface area contributed by atoms with E-state index in [1.807, 2.05) is 30.3 Å². The fourth-order valence-corrected chi connectivity index (χ4v) is 0.860. The van der Waals surface area contributed by atoms with Crippen LogP contribution in [-0.4, -0.2) is 20.2 Å². The van der Waals surface area contributed by atoms with Gasteiger partial charge in [0, 0.05) is 0 Å². The minimum atomic E-state index is 0. The zero-order valence-corrected chi connectivity index (χ0v) is 8.75. The first-order valence-corrected chi connectivity index (χ1v) is 3.25. The molecule has 0 spiro atoms. The molecule has 1 heterocycles. The van der Waals surface area contributed by atoms with Crippen molar-refractivity contribution in [3.05, 3.63) is 36.7 Å². The Kier molecular flexibility index (Phi) is 3.40. The standard InChI is InChI=1S/C7H6N4.Na/c1-2-4-7(5-3-1)11-6-8-9-10-11;/h1-6H;/q;+1. The van der Waals surface area contributed by atoms with Gasteiger partial charge in [0.05, 0.1) is 5.69 Å². The molecule has 2 rings (SSSR count). The molecule has 12 heavy (non-hydrogen) atoms. The molecule has 0 N–H and O–H groups in total. The molecule has 54 valence electrons. The maximum absolute atomic E-state index is 3.74. The molecule has 5 heteroatoms. The maximum atomic E-state index is 3.74. The van der Waals surface area contributed by atoms with Crippen molar-refractivity contribution in [2.75, 3.05) is 0 Å². The van der Waals surface area contributed by atoms with Gasteiger partial charge in [-0.25, -0.2) is 4.68 Å². The van der Waals surface area contributed by atoms with E-state index in [2.05, 4.69) is 15.5 Å².